The zero-order valence-electron chi connectivity index (χ0n) is 16.6. The predicted molar refractivity (Wildman–Crippen MR) is 106 cm³/mol. The molecule has 0 aliphatic carbocycles. The highest BCUT2D eigenvalue weighted by atomic mass is 16.5. The molecule has 2 heterocycles. The zero-order valence-corrected chi connectivity index (χ0v) is 16.6. The Morgan fingerprint density at radius 2 is 2.07 bits per heavy atom. The number of carbonyl (C=O) groups is 2. The number of aromatic nitrogens is 1. The summed E-state index contributed by atoms with van der Waals surface area (Å²) in [6.07, 6.45) is 4.92. The molecule has 0 saturated carbocycles. The van der Waals surface area contributed by atoms with Crippen molar-refractivity contribution in [3.63, 3.8) is 0 Å². The number of aryl methyl sites for hydroxylation is 1. The minimum Gasteiger partial charge on any atom is -0.466 e. The van der Waals surface area contributed by atoms with Crippen LogP contribution in [0.1, 0.15) is 45.6 Å². The van der Waals surface area contributed by atoms with Crippen LogP contribution in [0.5, 0.6) is 0 Å². The number of hydrogen-bond donors (Lipinski definition) is 1. The summed E-state index contributed by atoms with van der Waals surface area (Å²) in [7, 11) is 0. The van der Waals surface area contributed by atoms with Crippen LogP contribution in [-0.2, 0) is 20.7 Å². The van der Waals surface area contributed by atoms with Gasteiger partial charge in [0.2, 0.25) is 5.91 Å². The van der Waals surface area contributed by atoms with Crippen molar-refractivity contribution in [2.24, 2.45) is 11.3 Å². The van der Waals surface area contributed by atoms with Crippen molar-refractivity contribution < 1.29 is 14.3 Å². The third kappa shape index (κ3) is 3.87. The van der Waals surface area contributed by atoms with Crippen LogP contribution in [0.25, 0.3) is 10.9 Å². The van der Waals surface area contributed by atoms with Gasteiger partial charge in [0, 0.05) is 36.6 Å². The lowest BCUT2D eigenvalue weighted by Crippen LogP contribution is -2.41. The lowest BCUT2D eigenvalue weighted by molar-refractivity contribution is -0.157. The van der Waals surface area contributed by atoms with E-state index < -0.39 is 5.41 Å². The van der Waals surface area contributed by atoms with Gasteiger partial charge in [-0.15, -0.1) is 0 Å². The molecular formula is C22H30N2O3. The SMILES string of the molecule is CCOC(=O)[C@]1(C(C)C)CCN(C(=O)CCCc2c[nH]c3ccccc23)C1. The van der Waals surface area contributed by atoms with Gasteiger partial charge < -0.3 is 14.6 Å². The maximum Gasteiger partial charge on any atom is 0.314 e. The van der Waals surface area contributed by atoms with Crippen molar-refractivity contribution in [2.75, 3.05) is 19.7 Å². The molecule has 5 heteroatoms. The number of amides is 1. The van der Waals surface area contributed by atoms with E-state index in [0.717, 1.165) is 18.4 Å². The van der Waals surface area contributed by atoms with Crippen molar-refractivity contribution in [1.82, 2.24) is 9.88 Å². The molecular weight excluding hydrogens is 340 g/mol. The highest BCUT2D eigenvalue weighted by Gasteiger charge is 2.49. The number of esters is 1. The van der Waals surface area contributed by atoms with Crippen LogP contribution in [0, 0.1) is 11.3 Å². The predicted octanol–water partition coefficient (Wildman–Crippen LogP) is 3.93. The summed E-state index contributed by atoms with van der Waals surface area (Å²) < 4.78 is 5.31. The summed E-state index contributed by atoms with van der Waals surface area (Å²) in [6.45, 7) is 7.42. The normalized spacial score (nSPS) is 19.8. The first-order valence-corrected chi connectivity index (χ1v) is 9.98. The number of nitrogens with one attached hydrogen (secondary N) is 1. The summed E-state index contributed by atoms with van der Waals surface area (Å²) in [5.74, 6) is 0.135. The lowest BCUT2D eigenvalue weighted by Gasteiger charge is -2.30. The molecule has 5 nitrogen and oxygen atoms in total. The third-order valence-electron chi connectivity index (χ3n) is 5.95. The molecule has 0 spiro atoms. The first-order chi connectivity index (χ1) is 13.0. The molecule has 0 radical (unpaired) electrons. The van der Waals surface area contributed by atoms with Gasteiger partial charge in [-0.2, -0.15) is 0 Å². The van der Waals surface area contributed by atoms with E-state index in [0.29, 0.717) is 32.5 Å². The van der Waals surface area contributed by atoms with E-state index in [4.69, 9.17) is 4.74 Å². The van der Waals surface area contributed by atoms with Gasteiger partial charge in [-0.05, 0) is 43.7 Å². The van der Waals surface area contributed by atoms with Gasteiger partial charge in [-0.3, -0.25) is 9.59 Å². The number of aromatic amines is 1. The second-order valence-corrected chi connectivity index (χ2v) is 7.81. The van der Waals surface area contributed by atoms with Gasteiger partial charge in [0.05, 0.1) is 12.0 Å². The minimum absolute atomic E-state index is 0.140. The van der Waals surface area contributed by atoms with Crippen molar-refractivity contribution >= 4 is 22.8 Å². The molecule has 1 aromatic heterocycles. The molecule has 27 heavy (non-hydrogen) atoms. The number of benzene rings is 1. The first kappa shape index (κ1) is 19.5. The van der Waals surface area contributed by atoms with E-state index >= 15 is 0 Å². The van der Waals surface area contributed by atoms with E-state index in [2.05, 4.69) is 17.1 Å². The van der Waals surface area contributed by atoms with Crippen molar-refractivity contribution in [2.45, 2.75) is 46.5 Å². The molecule has 1 N–H and O–H groups in total. The molecule has 1 saturated heterocycles. The molecule has 1 aliphatic rings. The standard InChI is InChI=1S/C22H30N2O3/c1-4-27-21(26)22(16(2)3)12-13-24(15-22)20(25)11-7-8-17-14-23-19-10-6-5-9-18(17)19/h5-6,9-10,14,16,23H,4,7-8,11-13,15H2,1-3H3/t22-/m1/s1. The van der Waals surface area contributed by atoms with Gasteiger partial charge in [-0.25, -0.2) is 0 Å². The minimum atomic E-state index is -0.553. The fourth-order valence-electron chi connectivity index (χ4n) is 4.12. The number of rotatable bonds is 7. The van der Waals surface area contributed by atoms with E-state index in [9.17, 15) is 9.59 Å². The number of nitrogens with zero attached hydrogens (tertiary/aromatic N) is 1. The van der Waals surface area contributed by atoms with Gasteiger partial charge in [-0.1, -0.05) is 32.0 Å². The van der Waals surface area contributed by atoms with Crippen LogP contribution in [0.15, 0.2) is 30.5 Å². The number of para-hydroxylation sites is 1. The number of likely N-dealkylation sites (tertiary alicyclic amines) is 1. The molecule has 1 atom stereocenters. The van der Waals surface area contributed by atoms with Crippen molar-refractivity contribution in [3.05, 3.63) is 36.0 Å². The number of carbonyl (C=O) groups excluding carboxylic acids is 2. The Balaban J connectivity index is 1.56. The van der Waals surface area contributed by atoms with Crippen molar-refractivity contribution in [1.29, 1.82) is 0 Å². The van der Waals surface area contributed by atoms with Gasteiger partial charge in [0.1, 0.15) is 0 Å². The fourth-order valence-corrected chi connectivity index (χ4v) is 4.12. The zero-order chi connectivity index (χ0) is 19.4. The number of H-pyrrole nitrogens is 1. The second-order valence-electron chi connectivity index (χ2n) is 7.81. The first-order valence-electron chi connectivity index (χ1n) is 9.98. The Hall–Kier alpha value is -2.30. The molecule has 0 unspecified atom stereocenters. The van der Waals surface area contributed by atoms with Crippen LogP contribution >= 0.6 is 0 Å². The van der Waals surface area contributed by atoms with E-state index in [1.807, 2.05) is 44.0 Å². The molecule has 146 valence electrons. The summed E-state index contributed by atoms with van der Waals surface area (Å²) in [5, 5.41) is 1.23. The molecule has 1 fully saturated rings. The Bertz CT molecular complexity index is 811. The fraction of sp³-hybridized carbons (Fsp3) is 0.545. The summed E-state index contributed by atoms with van der Waals surface area (Å²) >= 11 is 0. The Morgan fingerprint density at radius 3 is 2.81 bits per heavy atom. The number of hydrogen-bond acceptors (Lipinski definition) is 3. The molecule has 1 amide bonds. The Morgan fingerprint density at radius 1 is 1.30 bits per heavy atom. The summed E-state index contributed by atoms with van der Waals surface area (Å²) in [5.41, 5.74) is 1.83. The average Bonchev–Trinajstić information content (AvgIpc) is 3.28. The van der Waals surface area contributed by atoms with Crippen molar-refractivity contribution in [3.8, 4) is 0 Å². The Labute approximate surface area is 161 Å². The largest absolute Gasteiger partial charge is 0.466 e. The van der Waals surface area contributed by atoms with Crippen LogP contribution in [0.2, 0.25) is 0 Å². The van der Waals surface area contributed by atoms with Crippen LogP contribution in [0.3, 0.4) is 0 Å². The summed E-state index contributed by atoms with van der Waals surface area (Å²) in [6, 6.07) is 8.23. The van der Waals surface area contributed by atoms with E-state index in [1.165, 1.54) is 10.9 Å². The average molecular weight is 370 g/mol. The molecule has 1 aromatic carbocycles. The highest BCUT2D eigenvalue weighted by Crippen LogP contribution is 2.39. The maximum absolute atomic E-state index is 12.7. The number of ether oxygens (including phenoxy) is 1. The maximum atomic E-state index is 12.7. The smallest absolute Gasteiger partial charge is 0.314 e. The molecule has 3 rings (SSSR count). The Kier molecular flexibility index (Phi) is 5.88. The molecule has 1 aliphatic heterocycles. The van der Waals surface area contributed by atoms with Gasteiger partial charge in [0.15, 0.2) is 0 Å². The summed E-state index contributed by atoms with van der Waals surface area (Å²) in [4.78, 5) is 30.3. The van der Waals surface area contributed by atoms with Crippen LogP contribution in [0.4, 0.5) is 0 Å². The molecule has 0 bridgehead atoms. The monoisotopic (exact) mass is 370 g/mol. The van der Waals surface area contributed by atoms with Gasteiger partial charge >= 0.3 is 5.97 Å². The second kappa shape index (κ2) is 8.15. The third-order valence-corrected chi connectivity index (χ3v) is 5.95. The van der Waals surface area contributed by atoms with Crippen LogP contribution in [-0.4, -0.2) is 41.5 Å². The topological polar surface area (TPSA) is 62.4 Å². The lowest BCUT2D eigenvalue weighted by atomic mass is 9.76. The quantitative estimate of drug-likeness (QED) is 0.751. The molecule has 2 aromatic rings. The highest BCUT2D eigenvalue weighted by molar-refractivity contribution is 5.83. The van der Waals surface area contributed by atoms with Crippen LogP contribution < -0.4 is 0 Å². The van der Waals surface area contributed by atoms with Gasteiger partial charge in [0.25, 0.3) is 0 Å². The van der Waals surface area contributed by atoms with E-state index in [1.54, 1.807) is 0 Å². The number of fused-ring (bicyclic) bond motifs is 1. The van der Waals surface area contributed by atoms with E-state index in [-0.39, 0.29) is 17.8 Å².